The fraction of sp³-hybridized carbons (Fsp3) is 0.115. The van der Waals surface area contributed by atoms with Crippen molar-refractivity contribution in [2.45, 2.75) is 13.0 Å². The van der Waals surface area contributed by atoms with Crippen LogP contribution in [0, 0.1) is 0 Å². The standard InChI is InChI=1S/C26H21Cl2N5O2/c1-15-22(25(34)30-18-6-4-3-5-7-18)23(20-13-10-17(27)14-21(20)28)33-26(29-15)31-24(32-33)16-8-11-19(35-2)12-9-16/h3-14,23H,1-2H3,(H,30,34)(H,29,31,32). The molecule has 1 aliphatic rings. The average Bonchev–Trinajstić information content (AvgIpc) is 3.28. The largest absolute Gasteiger partial charge is 0.497 e. The third-order valence-electron chi connectivity index (χ3n) is 5.73. The van der Waals surface area contributed by atoms with Gasteiger partial charge in [0.2, 0.25) is 5.95 Å². The minimum absolute atomic E-state index is 0.274. The van der Waals surface area contributed by atoms with Gasteiger partial charge in [-0.2, -0.15) is 4.98 Å². The number of carbonyl (C=O) groups is 1. The summed E-state index contributed by atoms with van der Waals surface area (Å²) in [5.74, 6) is 1.46. The normalized spacial score (nSPS) is 14.8. The number of amides is 1. The van der Waals surface area contributed by atoms with Crippen LogP contribution in [-0.2, 0) is 4.79 Å². The van der Waals surface area contributed by atoms with Gasteiger partial charge in [0, 0.05) is 32.6 Å². The van der Waals surface area contributed by atoms with Gasteiger partial charge in [0.05, 0.1) is 12.7 Å². The summed E-state index contributed by atoms with van der Waals surface area (Å²) in [6.45, 7) is 1.84. The van der Waals surface area contributed by atoms with Crippen LogP contribution in [0.2, 0.25) is 10.0 Å². The first-order valence-corrected chi connectivity index (χ1v) is 11.6. The zero-order valence-electron chi connectivity index (χ0n) is 18.9. The Morgan fingerprint density at radius 3 is 2.49 bits per heavy atom. The average molecular weight is 506 g/mol. The molecule has 0 bridgehead atoms. The number of nitrogens with one attached hydrogen (secondary N) is 2. The molecule has 1 unspecified atom stereocenters. The van der Waals surface area contributed by atoms with Crippen molar-refractivity contribution in [3.05, 3.63) is 99.7 Å². The van der Waals surface area contributed by atoms with E-state index in [1.807, 2.05) is 67.6 Å². The number of para-hydroxylation sites is 1. The highest BCUT2D eigenvalue weighted by Crippen LogP contribution is 2.40. The summed E-state index contributed by atoms with van der Waals surface area (Å²) in [5.41, 5.74) is 3.29. The maximum Gasteiger partial charge on any atom is 0.255 e. The summed E-state index contributed by atoms with van der Waals surface area (Å²) in [6, 6.07) is 21.3. The van der Waals surface area contributed by atoms with E-state index < -0.39 is 6.04 Å². The molecule has 2 N–H and O–H groups in total. The van der Waals surface area contributed by atoms with E-state index in [4.69, 9.17) is 38.0 Å². The lowest BCUT2D eigenvalue weighted by Crippen LogP contribution is -2.31. The van der Waals surface area contributed by atoms with E-state index in [0.717, 1.165) is 11.3 Å². The summed E-state index contributed by atoms with van der Waals surface area (Å²) < 4.78 is 6.93. The summed E-state index contributed by atoms with van der Waals surface area (Å²) in [5, 5.41) is 11.9. The second kappa shape index (κ2) is 9.44. The Labute approximate surface area is 212 Å². The molecule has 3 aromatic carbocycles. The van der Waals surface area contributed by atoms with Crippen LogP contribution in [0.3, 0.4) is 0 Å². The van der Waals surface area contributed by atoms with Crippen LogP contribution in [0.25, 0.3) is 11.4 Å². The zero-order chi connectivity index (χ0) is 24.5. The topological polar surface area (TPSA) is 81.1 Å². The van der Waals surface area contributed by atoms with Gasteiger partial charge < -0.3 is 15.4 Å². The Balaban J connectivity index is 1.61. The maximum absolute atomic E-state index is 13.5. The van der Waals surface area contributed by atoms with Crippen molar-refractivity contribution in [3.63, 3.8) is 0 Å². The number of halogens is 2. The van der Waals surface area contributed by atoms with E-state index in [1.165, 1.54) is 0 Å². The molecule has 0 saturated heterocycles. The molecule has 0 fully saturated rings. The van der Waals surface area contributed by atoms with E-state index in [-0.39, 0.29) is 5.91 Å². The third kappa shape index (κ3) is 4.48. The molecule has 1 aliphatic heterocycles. The van der Waals surface area contributed by atoms with Crippen molar-refractivity contribution < 1.29 is 9.53 Å². The van der Waals surface area contributed by atoms with E-state index in [9.17, 15) is 4.79 Å². The van der Waals surface area contributed by atoms with Gasteiger partial charge in [0.1, 0.15) is 11.8 Å². The van der Waals surface area contributed by atoms with Crippen molar-refractivity contribution in [2.24, 2.45) is 0 Å². The summed E-state index contributed by atoms with van der Waals surface area (Å²) >= 11 is 12.8. The number of aromatic nitrogens is 3. The number of allylic oxidation sites excluding steroid dienone is 1. The summed E-state index contributed by atoms with van der Waals surface area (Å²) in [4.78, 5) is 18.2. The molecule has 7 nitrogen and oxygen atoms in total. The summed E-state index contributed by atoms with van der Waals surface area (Å²) in [6.07, 6.45) is 0. The predicted octanol–water partition coefficient (Wildman–Crippen LogP) is 6.19. The van der Waals surface area contributed by atoms with Gasteiger partial charge >= 0.3 is 0 Å². The SMILES string of the molecule is COc1ccc(-c2nc3n(n2)C(c2ccc(Cl)cc2Cl)C(C(=O)Nc2ccccc2)=C(C)N3)cc1. The molecule has 0 spiro atoms. The maximum atomic E-state index is 13.5. The van der Waals surface area contributed by atoms with Gasteiger partial charge in [-0.1, -0.05) is 47.5 Å². The second-order valence-electron chi connectivity index (χ2n) is 7.98. The number of ether oxygens (including phenoxy) is 1. The molecule has 1 atom stereocenters. The molecule has 1 amide bonds. The number of hydrogen-bond donors (Lipinski definition) is 2. The Morgan fingerprint density at radius 2 is 1.80 bits per heavy atom. The zero-order valence-corrected chi connectivity index (χ0v) is 20.4. The van der Waals surface area contributed by atoms with E-state index in [1.54, 1.807) is 23.9 Å². The quantitative estimate of drug-likeness (QED) is 0.338. The number of nitrogens with zero attached hydrogens (tertiary/aromatic N) is 3. The Kier molecular flexibility index (Phi) is 6.19. The van der Waals surface area contributed by atoms with Gasteiger partial charge in [-0.25, -0.2) is 4.68 Å². The van der Waals surface area contributed by atoms with E-state index in [2.05, 4.69) is 10.6 Å². The van der Waals surface area contributed by atoms with Gasteiger partial charge in [-0.15, -0.1) is 5.10 Å². The van der Waals surface area contributed by atoms with Crippen molar-refractivity contribution in [3.8, 4) is 17.1 Å². The molecule has 1 aromatic heterocycles. The van der Waals surface area contributed by atoms with Crippen molar-refractivity contribution in [1.29, 1.82) is 0 Å². The fourth-order valence-corrected chi connectivity index (χ4v) is 4.55. The molecule has 2 heterocycles. The molecule has 0 saturated carbocycles. The van der Waals surface area contributed by atoms with Gasteiger partial charge in [-0.3, -0.25) is 4.79 Å². The lowest BCUT2D eigenvalue weighted by Gasteiger charge is -2.29. The first kappa shape index (κ1) is 23.0. The van der Waals surface area contributed by atoms with Crippen LogP contribution in [0.4, 0.5) is 11.6 Å². The van der Waals surface area contributed by atoms with Crippen LogP contribution < -0.4 is 15.4 Å². The molecule has 4 aromatic rings. The molecule has 35 heavy (non-hydrogen) atoms. The number of carbonyl (C=O) groups excluding carboxylic acids is 1. The van der Waals surface area contributed by atoms with E-state index >= 15 is 0 Å². The lowest BCUT2D eigenvalue weighted by atomic mass is 9.95. The van der Waals surface area contributed by atoms with Gasteiger partial charge in [0.25, 0.3) is 5.91 Å². The van der Waals surface area contributed by atoms with Crippen LogP contribution in [-0.4, -0.2) is 27.8 Å². The number of rotatable bonds is 5. The summed E-state index contributed by atoms with van der Waals surface area (Å²) in [7, 11) is 1.61. The Hall–Kier alpha value is -3.81. The molecule has 176 valence electrons. The van der Waals surface area contributed by atoms with Crippen molar-refractivity contribution in [1.82, 2.24) is 14.8 Å². The number of hydrogen-bond acceptors (Lipinski definition) is 5. The number of benzene rings is 3. The Bertz CT molecular complexity index is 1430. The van der Waals surface area contributed by atoms with Gasteiger partial charge in [0.15, 0.2) is 5.82 Å². The highest BCUT2D eigenvalue weighted by atomic mass is 35.5. The first-order valence-electron chi connectivity index (χ1n) is 10.8. The second-order valence-corrected chi connectivity index (χ2v) is 8.83. The number of fused-ring (bicyclic) bond motifs is 1. The van der Waals surface area contributed by atoms with Crippen molar-refractivity contribution in [2.75, 3.05) is 17.7 Å². The lowest BCUT2D eigenvalue weighted by molar-refractivity contribution is -0.113. The smallest absolute Gasteiger partial charge is 0.255 e. The Morgan fingerprint density at radius 1 is 1.06 bits per heavy atom. The third-order valence-corrected chi connectivity index (χ3v) is 6.30. The van der Waals surface area contributed by atoms with Gasteiger partial charge in [-0.05, 0) is 55.5 Å². The fourth-order valence-electron chi connectivity index (χ4n) is 4.04. The highest BCUT2D eigenvalue weighted by Gasteiger charge is 2.35. The molecule has 0 radical (unpaired) electrons. The van der Waals surface area contributed by atoms with Crippen LogP contribution >= 0.6 is 23.2 Å². The minimum Gasteiger partial charge on any atom is -0.497 e. The number of anilines is 2. The number of methoxy groups -OCH3 is 1. The predicted molar refractivity (Wildman–Crippen MR) is 138 cm³/mol. The molecule has 9 heteroatoms. The molecular formula is C26H21Cl2N5O2. The van der Waals surface area contributed by atoms with Crippen LogP contribution in [0.15, 0.2) is 84.1 Å². The van der Waals surface area contributed by atoms with Crippen LogP contribution in [0.1, 0.15) is 18.5 Å². The monoisotopic (exact) mass is 505 g/mol. The van der Waals surface area contributed by atoms with Crippen molar-refractivity contribution >= 4 is 40.7 Å². The molecule has 0 aliphatic carbocycles. The molecule has 5 rings (SSSR count). The molecular weight excluding hydrogens is 485 g/mol. The highest BCUT2D eigenvalue weighted by molar-refractivity contribution is 6.35. The van der Waals surface area contributed by atoms with Crippen LogP contribution in [0.5, 0.6) is 5.75 Å². The van der Waals surface area contributed by atoms with E-state index in [0.29, 0.717) is 44.3 Å². The first-order chi connectivity index (χ1) is 16.9. The minimum atomic E-state index is -0.626.